The van der Waals surface area contributed by atoms with Crippen LogP contribution in [0.25, 0.3) is 5.65 Å². The van der Waals surface area contributed by atoms with Gasteiger partial charge in [0, 0.05) is 56.7 Å². The van der Waals surface area contributed by atoms with Crippen LogP contribution in [0.3, 0.4) is 0 Å². The molecule has 1 unspecified atom stereocenters. The molecule has 0 bridgehead atoms. The van der Waals surface area contributed by atoms with E-state index in [1.165, 1.54) is 62.1 Å². The molecule has 2 aliphatic carbocycles. The summed E-state index contributed by atoms with van der Waals surface area (Å²) in [6.07, 6.45) is 17.9. The van der Waals surface area contributed by atoms with Gasteiger partial charge in [-0.25, -0.2) is 4.98 Å². The minimum atomic E-state index is 0.0677. The molecule has 4 nitrogen and oxygen atoms in total. The number of pyridine rings is 1. The molecule has 2 saturated heterocycles. The maximum Gasteiger partial charge on any atom is 0.136 e. The van der Waals surface area contributed by atoms with Crippen molar-refractivity contribution in [2.24, 2.45) is 0 Å². The molecule has 2 aliphatic heterocycles. The van der Waals surface area contributed by atoms with Crippen LogP contribution in [0, 0.1) is 6.92 Å². The van der Waals surface area contributed by atoms with Crippen LogP contribution in [0.5, 0.6) is 0 Å². The van der Waals surface area contributed by atoms with Crippen LogP contribution in [0.1, 0.15) is 62.1 Å². The Kier molecular flexibility index (Phi) is 3.74. The first-order valence-corrected chi connectivity index (χ1v) is 11.0. The summed E-state index contributed by atoms with van der Waals surface area (Å²) in [5.74, 6) is 1.62. The molecule has 3 fully saturated rings. The van der Waals surface area contributed by atoms with E-state index in [2.05, 4.69) is 57.9 Å². The van der Waals surface area contributed by atoms with Gasteiger partial charge in [-0.3, -0.25) is 0 Å². The zero-order valence-electron chi connectivity index (χ0n) is 16.7. The smallest absolute Gasteiger partial charge is 0.136 e. The lowest BCUT2D eigenvalue weighted by molar-refractivity contribution is -0.0367. The number of nitrogens with zero attached hydrogens (tertiary/aromatic N) is 3. The van der Waals surface area contributed by atoms with Gasteiger partial charge in [0.15, 0.2) is 0 Å². The van der Waals surface area contributed by atoms with E-state index in [0.29, 0.717) is 5.92 Å². The summed E-state index contributed by atoms with van der Waals surface area (Å²) in [6.45, 7) is 4.48. The summed E-state index contributed by atoms with van der Waals surface area (Å²) in [5.41, 5.74) is 4.98. The fourth-order valence-corrected chi connectivity index (χ4v) is 5.54. The zero-order chi connectivity index (χ0) is 18.7. The molecule has 1 saturated carbocycles. The van der Waals surface area contributed by atoms with Gasteiger partial charge < -0.3 is 14.0 Å². The molecule has 4 heterocycles. The fraction of sp³-hybridized carbons (Fsp3) is 0.542. The van der Waals surface area contributed by atoms with E-state index in [0.717, 1.165) is 30.2 Å². The Morgan fingerprint density at radius 1 is 1.14 bits per heavy atom. The summed E-state index contributed by atoms with van der Waals surface area (Å²) >= 11 is 0. The lowest BCUT2D eigenvalue weighted by atomic mass is 9.82. The standard InChI is InChI=1S/C24H29N3O/c1-17-15-27-16-19(6-8-23(27)25-17)18-5-7-22-20(13-18)14-24(28-22)9-11-26(12-10-24)21-3-2-4-21/h6-8,13,15-16,18,21H,2-5,9-12,14H2,1H3. The van der Waals surface area contributed by atoms with Crippen molar-refractivity contribution in [2.45, 2.75) is 69.4 Å². The van der Waals surface area contributed by atoms with Crippen molar-refractivity contribution in [3.63, 3.8) is 0 Å². The Labute approximate surface area is 166 Å². The predicted molar refractivity (Wildman–Crippen MR) is 110 cm³/mol. The SMILES string of the molecule is Cc1cn2cc(C3C=C4CC5(CCN(C6CCC6)CC5)OC4=CC3)ccc2n1. The normalized spacial score (nSPS) is 27.2. The van der Waals surface area contributed by atoms with E-state index >= 15 is 0 Å². The van der Waals surface area contributed by atoms with Crippen LogP contribution >= 0.6 is 0 Å². The Morgan fingerprint density at radius 2 is 2.00 bits per heavy atom. The molecule has 4 aliphatic rings. The molecule has 4 heteroatoms. The number of rotatable bonds is 2. The number of fused-ring (bicyclic) bond motifs is 2. The second kappa shape index (κ2) is 6.21. The molecule has 6 rings (SSSR count). The van der Waals surface area contributed by atoms with Crippen LogP contribution in [0.2, 0.25) is 0 Å². The van der Waals surface area contributed by atoms with Crippen molar-refractivity contribution in [1.29, 1.82) is 0 Å². The van der Waals surface area contributed by atoms with Crippen LogP contribution in [0.15, 0.2) is 48.0 Å². The molecule has 0 amide bonds. The number of allylic oxidation sites excluding steroid dienone is 3. The zero-order valence-corrected chi connectivity index (χ0v) is 16.7. The van der Waals surface area contributed by atoms with E-state index in [4.69, 9.17) is 4.74 Å². The molecular weight excluding hydrogens is 346 g/mol. The third-order valence-electron chi connectivity index (χ3n) is 7.44. The van der Waals surface area contributed by atoms with Gasteiger partial charge in [0.2, 0.25) is 0 Å². The van der Waals surface area contributed by atoms with Crippen LogP contribution < -0.4 is 0 Å². The second-order valence-electron chi connectivity index (χ2n) is 9.30. The average Bonchev–Trinajstić information content (AvgIpc) is 3.19. The summed E-state index contributed by atoms with van der Waals surface area (Å²) < 4.78 is 8.74. The first kappa shape index (κ1) is 16.8. The third kappa shape index (κ3) is 2.73. The maximum atomic E-state index is 6.58. The number of aryl methyl sites for hydroxylation is 1. The maximum absolute atomic E-state index is 6.58. The van der Waals surface area contributed by atoms with Crippen LogP contribution in [0.4, 0.5) is 0 Å². The summed E-state index contributed by atoms with van der Waals surface area (Å²) in [7, 11) is 0. The lowest BCUT2D eigenvalue weighted by Gasteiger charge is -2.44. The topological polar surface area (TPSA) is 29.8 Å². The number of likely N-dealkylation sites (tertiary alicyclic amines) is 1. The van der Waals surface area contributed by atoms with Gasteiger partial charge in [-0.15, -0.1) is 0 Å². The molecule has 0 aromatic carbocycles. The second-order valence-corrected chi connectivity index (χ2v) is 9.30. The highest BCUT2D eigenvalue weighted by Crippen LogP contribution is 2.48. The van der Waals surface area contributed by atoms with Crippen molar-refractivity contribution in [2.75, 3.05) is 13.1 Å². The van der Waals surface area contributed by atoms with Crippen molar-refractivity contribution < 1.29 is 4.74 Å². The van der Waals surface area contributed by atoms with Crippen molar-refractivity contribution in [1.82, 2.24) is 14.3 Å². The molecular formula is C24H29N3O. The van der Waals surface area contributed by atoms with Crippen molar-refractivity contribution in [3.05, 3.63) is 59.3 Å². The van der Waals surface area contributed by atoms with E-state index in [1.807, 2.05) is 0 Å². The molecule has 2 aromatic rings. The van der Waals surface area contributed by atoms with Gasteiger partial charge in [-0.05, 0) is 49.5 Å². The van der Waals surface area contributed by atoms with Crippen LogP contribution in [-0.4, -0.2) is 39.0 Å². The van der Waals surface area contributed by atoms with Crippen LogP contribution in [-0.2, 0) is 4.74 Å². The summed E-state index contributed by atoms with van der Waals surface area (Å²) in [4.78, 5) is 7.27. The number of aromatic nitrogens is 2. The Hall–Kier alpha value is -2.07. The van der Waals surface area contributed by atoms with Gasteiger partial charge in [-0.2, -0.15) is 0 Å². The largest absolute Gasteiger partial charge is 0.487 e. The number of ether oxygens (including phenoxy) is 1. The predicted octanol–water partition coefficient (Wildman–Crippen LogP) is 4.75. The molecule has 28 heavy (non-hydrogen) atoms. The number of imidazole rings is 1. The monoisotopic (exact) mass is 375 g/mol. The molecule has 0 radical (unpaired) electrons. The van der Waals surface area contributed by atoms with E-state index < -0.39 is 0 Å². The Balaban J connectivity index is 1.20. The first-order chi connectivity index (χ1) is 13.7. The van der Waals surface area contributed by atoms with Gasteiger partial charge in [0.1, 0.15) is 17.0 Å². The van der Waals surface area contributed by atoms with Gasteiger partial charge in [-0.1, -0.05) is 18.6 Å². The summed E-state index contributed by atoms with van der Waals surface area (Å²) in [5, 5.41) is 0. The van der Waals surface area contributed by atoms with Gasteiger partial charge in [0.25, 0.3) is 0 Å². The minimum Gasteiger partial charge on any atom is -0.487 e. The van der Waals surface area contributed by atoms with Crippen molar-refractivity contribution >= 4 is 5.65 Å². The minimum absolute atomic E-state index is 0.0677. The van der Waals surface area contributed by atoms with Crippen molar-refractivity contribution in [3.8, 4) is 0 Å². The number of piperidine rings is 1. The fourth-order valence-electron chi connectivity index (χ4n) is 5.54. The molecule has 1 spiro atoms. The lowest BCUT2D eigenvalue weighted by Crippen LogP contribution is -2.50. The van der Waals surface area contributed by atoms with Gasteiger partial charge >= 0.3 is 0 Å². The van der Waals surface area contributed by atoms with E-state index in [1.54, 1.807) is 0 Å². The number of hydrogen-bond donors (Lipinski definition) is 0. The molecule has 1 atom stereocenters. The number of hydrogen-bond acceptors (Lipinski definition) is 3. The van der Waals surface area contributed by atoms with E-state index in [9.17, 15) is 0 Å². The summed E-state index contributed by atoms with van der Waals surface area (Å²) in [6, 6.07) is 5.25. The molecule has 146 valence electrons. The quantitative estimate of drug-likeness (QED) is 0.759. The first-order valence-electron chi connectivity index (χ1n) is 11.0. The highest BCUT2D eigenvalue weighted by molar-refractivity contribution is 5.45. The highest BCUT2D eigenvalue weighted by Gasteiger charge is 2.45. The average molecular weight is 376 g/mol. The van der Waals surface area contributed by atoms with Gasteiger partial charge in [0.05, 0.1) is 5.69 Å². The third-order valence-corrected chi connectivity index (χ3v) is 7.44. The molecule has 0 N–H and O–H groups in total. The Morgan fingerprint density at radius 3 is 2.79 bits per heavy atom. The van der Waals surface area contributed by atoms with E-state index in [-0.39, 0.29) is 5.60 Å². The Bertz CT molecular complexity index is 973. The molecule has 2 aromatic heterocycles. The highest BCUT2D eigenvalue weighted by atomic mass is 16.5.